The maximum absolute atomic E-state index is 8.76. The van der Waals surface area contributed by atoms with Crippen LogP contribution in [0.5, 0.6) is 5.88 Å². The first kappa shape index (κ1) is 8.60. The average molecular weight is 165 g/mol. The molecule has 12 heavy (non-hydrogen) atoms. The Morgan fingerprint density at radius 2 is 2.33 bits per heavy atom. The van der Waals surface area contributed by atoms with Crippen molar-refractivity contribution in [3.63, 3.8) is 0 Å². The van der Waals surface area contributed by atoms with Gasteiger partial charge in [0.05, 0.1) is 12.3 Å². The molecule has 4 heteroatoms. The Morgan fingerprint density at radius 1 is 1.67 bits per heavy atom. The predicted octanol–water partition coefficient (Wildman–Crippen LogP) is 0.999. The summed E-state index contributed by atoms with van der Waals surface area (Å²) in [5.74, 6) is 0.553. The number of hydrogen-bond donors (Lipinski definition) is 0. The molecule has 0 fully saturated rings. The summed E-state index contributed by atoms with van der Waals surface area (Å²) in [5.41, 5.74) is 1.24. The van der Waals surface area contributed by atoms with Crippen molar-refractivity contribution >= 4 is 0 Å². The maximum Gasteiger partial charge on any atom is 0.230 e. The van der Waals surface area contributed by atoms with Gasteiger partial charge in [0.15, 0.2) is 0 Å². The molecule has 1 aromatic heterocycles. The molecule has 0 N–H and O–H groups in total. The third kappa shape index (κ3) is 1.26. The van der Waals surface area contributed by atoms with Gasteiger partial charge in [-0.05, 0) is 13.8 Å². The number of rotatable bonds is 2. The van der Waals surface area contributed by atoms with Crippen LogP contribution in [0.15, 0.2) is 0 Å². The number of aromatic nitrogens is 2. The van der Waals surface area contributed by atoms with Crippen molar-refractivity contribution in [1.29, 1.82) is 5.26 Å². The molecule has 0 atom stereocenters. The highest BCUT2D eigenvalue weighted by atomic mass is 16.5. The summed E-state index contributed by atoms with van der Waals surface area (Å²) < 4.78 is 6.84. The summed E-state index contributed by atoms with van der Waals surface area (Å²) in [5, 5.41) is 12.8. The Kier molecular flexibility index (Phi) is 2.34. The van der Waals surface area contributed by atoms with E-state index in [2.05, 4.69) is 11.2 Å². The standard InChI is InChI=1S/C8H11N3O/c1-4-12-8-7(5-9)6(2)10-11(8)3/h4H2,1-3H3. The zero-order valence-corrected chi connectivity index (χ0v) is 7.46. The lowest BCUT2D eigenvalue weighted by atomic mass is 10.3. The van der Waals surface area contributed by atoms with Gasteiger partial charge in [-0.25, -0.2) is 4.68 Å². The Labute approximate surface area is 71.4 Å². The fraction of sp³-hybridized carbons (Fsp3) is 0.500. The second-order valence-electron chi connectivity index (χ2n) is 2.43. The lowest BCUT2D eigenvalue weighted by molar-refractivity contribution is 0.308. The molecule has 1 heterocycles. The Balaban J connectivity index is 3.16. The van der Waals surface area contributed by atoms with Gasteiger partial charge in [-0.3, -0.25) is 0 Å². The summed E-state index contributed by atoms with van der Waals surface area (Å²) in [7, 11) is 1.76. The van der Waals surface area contributed by atoms with Gasteiger partial charge in [-0.1, -0.05) is 0 Å². The molecule has 1 rings (SSSR count). The number of nitrogens with zero attached hydrogens (tertiary/aromatic N) is 3. The highest BCUT2D eigenvalue weighted by Gasteiger charge is 2.12. The van der Waals surface area contributed by atoms with Crippen LogP contribution in [-0.2, 0) is 7.05 Å². The van der Waals surface area contributed by atoms with Crippen LogP contribution in [0.2, 0.25) is 0 Å². The number of nitriles is 1. The lowest BCUT2D eigenvalue weighted by Crippen LogP contribution is -2.00. The highest BCUT2D eigenvalue weighted by Crippen LogP contribution is 2.19. The fourth-order valence-corrected chi connectivity index (χ4v) is 1.07. The van der Waals surface area contributed by atoms with Crippen LogP contribution >= 0.6 is 0 Å². The van der Waals surface area contributed by atoms with Crippen LogP contribution in [0.1, 0.15) is 18.2 Å². The lowest BCUT2D eigenvalue weighted by Gasteiger charge is -2.01. The minimum absolute atomic E-state index is 0.527. The van der Waals surface area contributed by atoms with Crippen LogP contribution in [0, 0.1) is 18.3 Å². The van der Waals surface area contributed by atoms with Gasteiger partial charge in [0.1, 0.15) is 11.6 Å². The van der Waals surface area contributed by atoms with Gasteiger partial charge in [-0.15, -0.1) is 0 Å². The van der Waals surface area contributed by atoms with E-state index in [1.807, 2.05) is 6.92 Å². The molecule has 0 spiro atoms. The van der Waals surface area contributed by atoms with E-state index in [1.54, 1.807) is 18.7 Å². The van der Waals surface area contributed by atoms with Gasteiger partial charge in [0.2, 0.25) is 5.88 Å². The zero-order chi connectivity index (χ0) is 9.14. The van der Waals surface area contributed by atoms with Crippen LogP contribution < -0.4 is 4.74 Å². The van der Waals surface area contributed by atoms with Crippen LogP contribution in [-0.4, -0.2) is 16.4 Å². The molecule has 0 aliphatic carbocycles. The molecular weight excluding hydrogens is 154 g/mol. The molecule has 0 saturated heterocycles. The van der Waals surface area contributed by atoms with Crippen LogP contribution in [0.25, 0.3) is 0 Å². The van der Waals surface area contributed by atoms with Crippen molar-refractivity contribution < 1.29 is 4.74 Å². The number of hydrogen-bond acceptors (Lipinski definition) is 3. The predicted molar refractivity (Wildman–Crippen MR) is 43.8 cm³/mol. The van der Waals surface area contributed by atoms with E-state index in [0.29, 0.717) is 23.7 Å². The monoisotopic (exact) mass is 165 g/mol. The second kappa shape index (κ2) is 3.26. The van der Waals surface area contributed by atoms with Crippen LogP contribution in [0.3, 0.4) is 0 Å². The van der Waals surface area contributed by atoms with E-state index in [4.69, 9.17) is 10.00 Å². The summed E-state index contributed by atoms with van der Waals surface area (Å²) in [6.45, 7) is 4.22. The van der Waals surface area contributed by atoms with Crippen molar-refractivity contribution in [1.82, 2.24) is 9.78 Å². The van der Waals surface area contributed by atoms with E-state index < -0.39 is 0 Å². The molecule has 0 aromatic carbocycles. The topological polar surface area (TPSA) is 50.8 Å². The fourth-order valence-electron chi connectivity index (χ4n) is 1.07. The third-order valence-electron chi connectivity index (χ3n) is 1.56. The van der Waals surface area contributed by atoms with E-state index in [1.165, 1.54) is 0 Å². The first-order valence-corrected chi connectivity index (χ1v) is 3.77. The molecule has 0 unspecified atom stereocenters. The largest absolute Gasteiger partial charge is 0.477 e. The molecule has 1 aromatic rings. The van der Waals surface area contributed by atoms with Crippen molar-refractivity contribution in [2.75, 3.05) is 6.61 Å². The Bertz CT molecular complexity index is 322. The average Bonchev–Trinajstić information content (AvgIpc) is 2.28. The molecule has 0 aliphatic rings. The highest BCUT2D eigenvalue weighted by molar-refractivity contribution is 5.41. The molecular formula is C8H11N3O. The van der Waals surface area contributed by atoms with Crippen molar-refractivity contribution in [2.24, 2.45) is 7.05 Å². The van der Waals surface area contributed by atoms with E-state index >= 15 is 0 Å². The normalized spacial score (nSPS) is 9.50. The minimum atomic E-state index is 0.527. The zero-order valence-electron chi connectivity index (χ0n) is 7.46. The van der Waals surface area contributed by atoms with Crippen molar-refractivity contribution in [3.8, 4) is 11.9 Å². The SMILES string of the molecule is CCOc1c(C#N)c(C)nn1C. The van der Waals surface area contributed by atoms with E-state index in [0.717, 1.165) is 0 Å². The van der Waals surface area contributed by atoms with Gasteiger partial charge in [-0.2, -0.15) is 10.4 Å². The summed E-state index contributed by atoms with van der Waals surface area (Å²) in [6, 6.07) is 2.06. The van der Waals surface area contributed by atoms with Crippen LogP contribution in [0.4, 0.5) is 0 Å². The smallest absolute Gasteiger partial charge is 0.230 e. The number of ether oxygens (including phenoxy) is 1. The van der Waals surface area contributed by atoms with Gasteiger partial charge >= 0.3 is 0 Å². The van der Waals surface area contributed by atoms with E-state index in [9.17, 15) is 0 Å². The first-order valence-electron chi connectivity index (χ1n) is 3.77. The molecule has 64 valence electrons. The van der Waals surface area contributed by atoms with Gasteiger partial charge < -0.3 is 4.74 Å². The molecule has 0 saturated carbocycles. The van der Waals surface area contributed by atoms with Gasteiger partial charge in [0.25, 0.3) is 0 Å². The van der Waals surface area contributed by atoms with Crippen molar-refractivity contribution in [2.45, 2.75) is 13.8 Å². The number of aryl methyl sites for hydroxylation is 2. The Morgan fingerprint density at radius 3 is 2.83 bits per heavy atom. The molecule has 0 aliphatic heterocycles. The summed E-state index contributed by atoms with van der Waals surface area (Å²) >= 11 is 0. The van der Waals surface area contributed by atoms with Gasteiger partial charge in [0, 0.05) is 7.05 Å². The molecule has 4 nitrogen and oxygen atoms in total. The quantitative estimate of drug-likeness (QED) is 0.656. The van der Waals surface area contributed by atoms with E-state index in [-0.39, 0.29) is 0 Å². The van der Waals surface area contributed by atoms with Crippen molar-refractivity contribution in [3.05, 3.63) is 11.3 Å². The maximum atomic E-state index is 8.76. The second-order valence-corrected chi connectivity index (χ2v) is 2.43. The summed E-state index contributed by atoms with van der Waals surface area (Å²) in [4.78, 5) is 0. The minimum Gasteiger partial charge on any atom is -0.477 e. The third-order valence-corrected chi connectivity index (χ3v) is 1.56. The molecule has 0 amide bonds. The Hall–Kier alpha value is -1.50. The first-order chi connectivity index (χ1) is 5.70. The molecule has 0 bridgehead atoms. The summed E-state index contributed by atoms with van der Waals surface area (Å²) in [6.07, 6.45) is 0. The molecule has 0 radical (unpaired) electrons.